The average molecular weight is 589 g/mol. The van der Waals surface area contributed by atoms with Gasteiger partial charge in [-0.15, -0.1) is 11.3 Å². The van der Waals surface area contributed by atoms with E-state index in [0.717, 1.165) is 19.0 Å². The molecule has 0 saturated carbocycles. The highest BCUT2D eigenvalue weighted by atomic mass is 35.5. The lowest BCUT2D eigenvalue weighted by Crippen LogP contribution is -2.57. The number of aryl methyl sites for hydroxylation is 1. The summed E-state index contributed by atoms with van der Waals surface area (Å²) in [5.74, 6) is -0.0432. The Morgan fingerprint density at radius 2 is 1.90 bits per heavy atom. The first-order valence-electron chi connectivity index (χ1n) is 12.7. The van der Waals surface area contributed by atoms with Gasteiger partial charge in [-0.2, -0.15) is 4.31 Å². The molecule has 0 N–H and O–H groups in total. The molecule has 2 aromatic carbocycles. The molecule has 1 saturated heterocycles. The molecule has 1 fully saturated rings. The lowest BCUT2D eigenvalue weighted by atomic mass is 9.90. The van der Waals surface area contributed by atoms with Gasteiger partial charge >= 0.3 is 0 Å². The molecular weight excluding hydrogens is 560 g/mol. The molecule has 1 amide bonds. The van der Waals surface area contributed by atoms with Crippen molar-refractivity contribution in [2.45, 2.75) is 37.2 Å². The van der Waals surface area contributed by atoms with E-state index in [-0.39, 0.29) is 48.0 Å². The Balaban J connectivity index is 1.31. The molecule has 1 aromatic heterocycles. The Hall–Kier alpha value is -2.83. The third-order valence-corrected chi connectivity index (χ3v) is 10.9. The number of carbonyl (C=O) groups is 1. The molecule has 0 bridgehead atoms. The minimum atomic E-state index is -4.01. The second kappa shape index (κ2) is 11.0. The summed E-state index contributed by atoms with van der Waals surface area (Å²) in [6, 6.07) is 13.4. The number of benzene rings is 2. The van der Waals surface area contributed by atoms with E-state index >= 15 is 0 Å². The first-order chi connectivity index (χ1) is 18.6. The maximum Gasteiger partial charge on any atom is 0.289 e. The quantitative estimate of drug-likeness (QED) is 0.310. The van der Waals surface area contributed by atoms with E-state index in [1.165, 1.54) is 38.0 Å². The number of nitrogens with zero attached hydrogens (tertiary/aromatic N) is 4. The number of hydrogen-bond donors (Lipinski definition) is 0. The highest BCUT2D eigenvalue weighted by Crippen LogP contribution is 2.39. The predicted octanol–water partition coefficient (Wildman–Crippen LogP) is 4.49. The molecule has 2 aliphatic rings. The third kappa shape index (κ3) is 5.33. The number of hydrogen-bond acceptors (Lipinski definition) is 7. The Labute approximate surface area is 236 Å². The van der Waals surface area contributed by atoms with Crippen molar-refractivity contribution in [3.63, 3.8) is 0 Å². The van der Waals surface area contributed by atoms with Crippen LogP contribution in [0.15, 0.2) is 58.8 Å². The Kier molecular flexibility index (Phi) is 7.80. The number of halogens is 1. The first kappa shape index (κ1) is 27.7. The molecule has 0 unspecified atom stereocenters. The zero-order chi connectivity index (χ0) is 27.9. The van der Waals surface area contributed by atoms with Crippen molar-refractivity contribution in [3.8, 4) is 0 Å². The molecule has 0 spiro atoms. The van der Waals surface area contributed by atoms with Crippen molar-refractivity contribution < 1.29 is 18.1 Å². The van der Waals surface area contributed by atoms with Crippen molar-refractivity contribution >= 4 is 44.6 Å². The van der Waals surface area contributed by atoms with Crippen LogP contribution < -0.4 is 0 Å². The number of sulfonamides is 1. The fourth-order valence-electron chi connectivity index (χ4n) is 5.52. The van der Waals surface area contributed by atoms with Gasteiger partial charge in [-0.1, -0.05) is 35.9 Å². The van der Waals surface area contributed by atoms with Crippen LogP contribution in [-0.2, 0) is 21.2 Å². The van der Waals surface area contributed by atoms with Gasteiger partial charge in [0.05, 0.1) is 22.4 Å². The van der Waals surface area contributed by atoms with Crippen LogP contribution in [-0.4, -0.2) is 72.1 Å². The highest BCUT2D eigenvalue weighted by molar-refractivity contribution is 7.89. The van der Waals surface area contributed by atoms with Crippen LogP contribution in [0.1, 0.15) is 34.5 Å². The Morgan fingerprint density at radius 1 is 1.13 bits per heavy atom. The molecule has 3 heterocycles. The number of rotatable bonds is 6. The lowest BCUT2D eigenvalue weighted by Gasteiger charge is -2.41. The number of fused-ring (bicyclic) bond motifs is 1. The zero-order valence-corrected chi connectivity index (χ0v) is 24.0. The molecule has 12 heteroatoms. The van der Waals surface area contributed by atoms with Gasteiger partial charge in [0.2, 0.25) is 15.9 Å². The van der Waals surface area contributed by atoms with Gasteiger partial charge in [0.15, 0.2) is 0 Å². The summed E-state index contributed by atoms with van der Waals surface area (Å²) in [6.07, 6.45) is 0.887. The minimum absolute atomic E-state index is 0.00932. The Morgan fingerprint density at radius 3 is 2.62 bits per heavy atom. The summed E-state index contributed by atoms with van der Waals surface area (Å²) in [7, 11) is -4.01. The summed E-state index contributed by atoms with van der Waals surface area (Å²) < 4.78 is 28.0. The van der Waals surface area contributed by atoms with Gasteiger partial charge in [-0.3, -0.25) is 19.8 Å². The maximum atomic E-state index is 13.5. The van der Waals surface area contributed by atoms with Crippen molar-refractivity contribution in [3.05, 3.63) is 90.6 Å². The van der Waals surface area contributed by atoms with Crippen molar-refractivity contribution in [1.29, 1.82) is 0 Å². The van der Waals surface area contributed by atoms with E-state index in [1.807, 2.05) is 12.1 Å². The van der Waals surface area contributed by atoms with Crippen molar-refractivity contribution in [2.24, 2.45) is 0 Å². The molecule has 0 radical (unpaired) electrons. The fraction of sp³-hybridized carbons (Fsp3) is 0.370. The third-order valence-electron chi connectivity index (χ3n) is 7.53. The number of carbonyl (C=O) groups excluding carboxylic acids is 1. The number of nitro groups is 1. The summed E-state index contributed by atoms with van der Waals surface area (Å²) in [5, 5.41) is 13.3. The first-order valence-corrected chi connectivity index (χ1v) is 15.4. The molecule has 5 rings (SSSR count). The van der Waals surface area contributed by atoms with Crippen molar-refractivity contribution in [2.75, 3.05) is 32.7 Å². The van der Waals surface area contributed by atoms with E-state index in [4.69, 9.17) is 11.6 Å². The molecule has 9 nitrogen and oxygen atoms in total. The molecule has 2 aliphatic heterocycles. The van der Waals surface area contributed by atoms with Crippen LogP contribution in [0.3, 0.4) is 0 Å². The monoisotopic (exact) mass is 588 g/mol. The second-order valence-electron chi connectivity index (χ2n) is 9.95. The highest BCUT2D eigenvalue weighted by Gasteiger charge is 2.38. The van der Waals surface area contributed by atoms with Gasteiger partial charge in [0.1, 0.15) is 5.02 Å². The van der Waals surface area contributed by atoms with Crippen LogP contribution in [0.5, 0.6) is 0 Å². The summed E-state index contributed by atoms with van der Waals surface area (Å²) in [6.45, 7) is 5.41. The normalized spacial score (nSPS) is 20.5. The largest absolute Gasteiger partial charge is 0.339 e. The summed E-state index contributed by atoms with van der Waals surface area (Å²) >= 11 is 7.63. The van der Waals surface area contributed by atoms with Crippen molar-refractivity contribution in [1.82, 2.24) is 14.1 Å². The van der Waals surface area contributed by atoms with E-state index < -0.39 is 26.7 Å². The number of nitro benzene ring substituents is 1. The molecule has 0 aliphatic carbocycles. The van der Waals surface area contributed by atoms with Crippen LogP contribution in [0.4, 0.5) is 5.69 Å². The standard InChI is InChI=1S/C27H29ClN4O5S2/c1-18-5-3-4-6-21(18)27-22-10-14-38-25(22)9-11-30(27)17-26(33)29-12-13-31(19(2)16-29)39(36,37)20-7-8-23(28)24(15-20)32(34)35/h3-8,10,14-15,19,27H,9,11-13,16-17H2,1-2H3/t19-,27+/m1/s1. The summed E-state index contributed by atoms with van der Waals surface area (Å²) in [4.78, 5) is 29.2. The van der Waals surface area contributed by atoms with E-state index in [0.29, 0.717) is 0 Å². The van der Waals surface area contributed by atoms with E-state index in [1.54, 1.807) is 23.2 Å². The fourth-order valence-corrected chi connectivity index (χ4v) is 8.25. The molecule has 3 aromatic rings. The predicted molar refractivity (Wildman–Crippen MR) is 151 cm³/mol. The average Bonchev–Trinajstić information content (AvgIpc) is 3.38. The van der Waals surface area contributed by atoms with E-state index in [9.17, 15) is 23.3 Å². The van der Waals surface area contributed by atoms with Crippen LogP contribution in [0, 0.1) is 17.0 Å². The second-order valence-corrected chi connectivity index (χ2v) is 13.3. The van der Waals surface area contributed by atoms with E-state index in [2.05, 4.69) is 35.4 Å². The topological polar surface area (TPSA) is 104 Å². The van der Waals surface area contributed by atoms with Gasteiger partial charge in [0.25, 0.3) is 5.69 Å². The van der Waals surface area contributed by atoms with Crippen LogP contribution in [0.25, 0.3) is 0 Å². The Bertz CT molecular complexity index is 1530. The zero-order valence-electron chi connectivity index (χ0n) is 21.6. The SMILES string of the molecule is Cc1ccccc1[C@H]1c2ccsc2CCN1CC(=O)N1CCN(S(=O)(=O)c2ccc(Cl)c([N+](=O)[O-])c2)[C@H](C)C1. The number of thiophene rings is 1. The lowest BCUT2D eigenvalue weighted by molar-refractivity contribution is -0.384. The van der Waals surface area contributed by atoms with Gasteiger partial charge in [-0.05, 0) is 60.5 Å². The minimum Gasteiger partial charge on any atom is -0.339 e. The van der Waals surface area contributed by atoms with Crippen LogP contribution >= 0.6 is 22.9 Å². The molecule has 206 valence electrons. The summed E-state index contributed by atoms with van der Waals surface area (Å²) in [5.41, 5.74) is 3.15. The molecule has 39 heavy (non-hydrogen) atoms. The maximum absolute atomic E-state index is 13.5. The van der Waals surface area contributed by atoms with Gasteiger partial charge in [-0.25, -0.2) is 8.42 Å². The molecule has 2 atom stereocenters. The van der Waals surface area contributed by atoms with Gasteiger partial charge in [0, 0.05) is 43.2 Å². The molecular formula is C27H29ClN4O5S2. The number of piperazine rings is 1. The van der Waals surface area contributed by atoms with Gasteiger partial charge < -0.3 is 4.90 Å². The number of amides is 1. The smallest absolute Gasteiger partial charge is 0.289 e. The van der Waals surface area contributed by atoms with Crippen LogP contribution in [0.2, 0.25) is 5.02 Å².